The molecule has 0 aromatic heterocycles. The van der Waals surface area contributed by atoms with Crippen molar-refractivity contribution >= 4 is 80.9 Å². The minimum atomic E-state index is 0. The third kappa shape index (κ3) is 24.4. The van der Waals surface area contributed by atoms with E-state index in [4.69, 9.17) is 11.1 Å². The van der Waals surface area contributed by atoms with Crippen LogP contribution in [-0.2, 0) is 0 Å². The van der Waals surface area contributed by atoms with Gasteiger partial charge in [0, 0.05) is 0 Å². The van der Waals surface area contributed by atoms with Crippen molar-refractivity contribution in [1.29, 1.82) is 11.1 Å². The Morgan fingerprint density at radius 2 is 1.20 bits per heavy atom. The number of nitrogens with zero attached hydrogens (tertiary/aromatic N) is 1. The molecule has 0 unspecified atom stereocenters. The van der Waals surface area contributed by atoms with Gasteiger partial charge in [-0.15, -0.1) is 0 Å². The van der Waals surface area contributed by atoms with Gasteiger partial charge in [-0.25, -0.2) is 0 Å². The molecule has 0 saturated heterocycles. The second-order valence-electron chi connectivity index (χ2n) is 0.112. The van der Waals surface area contributed by atoms with E-state index in [9.17, 15) is 0 Å². The van der Waals surface area contributed by atoms with Crippen molar-refractivity contribution in [3.05, 3.63) is 0 Å². The maximum absolute atomic E-state index is 5.50. The molecule has 0 atom stereocenters. The van der Waals surface area contributed by atoms with Crippen molar-refractivity contribution in [2.75, 3.05) is 0 Å². The van der Waals surface area contributed by atoms with Crippen LogP contribution in [0.3, 0.4) is 0 Å². The van der Waals surface area contributed by atoms with E-state index in [0.717, 1.165) is 0 Å². The van der Waals surface area contributed by atoms with E-state index in [1.165, 1.54) is 0 Å². The van der Waals surface area contributed by atoms with Crippen LogP contribution in [0, 0.1) is 11.1 Å². The van der Waals surface area contributed by atoms with Crippen molar-refractivity contribution < 1.29 is 0 Å². The Balaban J connectivity index is -0.0000000200. The van der Waals surface area contributed by atoms with E-state index in [2.05, 4.69) is 0 Å². The molecule has 0 bridgehead atoms. The van der Waals surface area contributed by atoms with Gasteiger partial charge < -0.3 is 0 Å². The van der Waals surface area contributed by atoms with Gasteiger partial charge >= 0.3 is 80.9 Å². The van der Waals surface area contributed by atoms with Gasteiger partial charge in [0.1, 0.15) is 11.1 Å². The van der Waals surface area contributed by atoms with Gasteiger partial charge in [-0.3, -0.25) is 0 Å². The summed E-state index contributed by atoms with van der Waals surface area (Å²) in [7, 11) is 0. The molecule has 0 spiro atoms. The van der Waals surface area contributed by atoms with E-state index in [1.54, 1.807) is 0 Å². The first-order valence-corrected chi connectivity index (χ1v) is 0.447. The van der Waals surface area contributed by atoms with Gasteiger partial charge in [-0.2, -0.15) is 0 Å². The molecule has 0 rings (SSSR count). The Kier molecular flexibility index (Phi) is 52.9. The molecular weight excluding hydrogens is 104 g/mol. The first-order chi connectivity index (χ1) is 1.41. The van der Waals surface area contributed by atoms with Gasteiger partial charge in [0.15, 0.2) is 0 Å². The summed E-state index contributed by atoms with van der Waals surface area (Å²) in [6.07, 6.45) is 0. The molecule has 5 heteroatoms. The summed E-state index contributed by atoms with van der Waals surface area (Å²) in [5.41, 5.74) is 11.0. The van der Waals surface area contributed by atoms with E-state index in [1.807, 2.05) is 4.91 Å². The fraction of sp³-hybridized carbons (Fsp3) is 0. The molecule has 2 N–H and O–H groups in total. The van der Waals surface area contributed by atoms with Crippen molar-refractivity contribution in [1.82, 2.24) is 4.91 Å². The Labute approximate surface area is 94.6 Å². The molecule has 0 aliphatic carbocycles. The molecule has 0 radical (unpaired) electrons. The molecule has 0 aromatic rings. The standard InChI is InChI=1S/K.H2N3.Na.2H/c;1-3-2;;;/h;1-2H;;;/q;+1;;;. The van der Waals surface area contributed by atoms with Crippen molar-refractivity contribution in [3.63, 3.8) is 0 Å². The van der Waals surface area contributed by atoms with Crippen LogP contribution in [0.15, 0.2) is 0 Å². The molecule has 0 fully saturated rings. The van der Waals surface area contributed by atoms with Crippen LogP contribution in [-0.4, -0.2) is 80.9 Å². The van der Waals surface area contributed by atoms with Gasteiger partial charge in [-0.05, 0) is 0 Å². The molecule has 20 valence electrons. The van der Waals surface area contributed by atoms with Gasteiger partial charge in [0.05, 0.1) is 0 Å². The number of hydrogen-bond acceptors (Lipinski definition) is 2. The molecule has 0 amide bonds. The van der Waals surface area contributed by atoms with Gasteiger partial charge in [0.2, 0.25) is 4.91 Å². The van der Waals surface area contributed by atoms with Crippen LogP contribution in [0.2, 0.25) is 0 Å². The van der Waals surface area contributed by atoms with Crippen LogP contribution in [0.1, 0.15) is 0 Å². The summed E-state index contributed by atoms with van der Waals surface area (Å²) >= 11 is 0. The van der Waals surface area contributed by atoms with Crippen LogP contribution in [0.25, 0.3) is 0 Å². The monoisotopic (exact) mass is 108 g/mol. The summed E-state index contributed by atoms with van der Waals surface area (Å²) in [6.45, 7) is 0. The summed E-state index contributed by atoms with van der Waals surface area (Å²) in [4.78, 5) is 2.00. The van der Waals surface area contributed by atoms with Gasteiger partial charge in [0.25, 0.3) is 0 Å². The SMILES string of the molecule is N=[N+]=N.[KH].[NaH]. The summed E-state index contributed by atoms with van der Waals surface area (Å²) < 4.78 is 0. The predicted molar refractivity (Wildman–Crippen MR) is 21.9 cm³/mol. The number of nitrogens with one attached hydrogen (secondary N) is 2. The first-order valence-electron chi connectivity index (χ1n) is 0.447. The third-order valence-electron chi connectivity index (χ3n) is 0. The Morgan fingerprint density at radius 3 is 1.20 bits per heavy atom. The fourth-order valence-electron chi connectivity index (χ4n) is 0. The van der Waals surface area contributed by atoms with Crippen molar-refractivity contribution in [2.24, 2.45) is 0 Å². The summed E-state index contributed by atoms with van der Waals surface area (Å²) in [5.74, 6) is 0. The molecule has 0 aliphatic heterocycles. The zero-order valence-electron chi connectivity index (χ0n) is 1.45. The zero-order chi connectivity index (χ0) is 2.71. The quantitative estimate of drug-likeness (QED) is 0.223. The fourth-order valence-corrected chi connectivity index (χ4v) is 0. The average molecular weight is 108 g/mol. The number of hydrogen-bond donors (Lipinski definition) is 2. The Morgan fingerprint density at radius 1 is 1.20 bits per heavy atom. The van der Waals surface area contributed by atoms with Crippen molar-refractivity contribution in [2.45, 2.75) is 0 Å². The summed E-state index contributed by atoms with van der Waals surface area (Å²) in [5, 5.41) is 0. The normalized spacial score (nSPS) is 1.60. The van der Waals surface area contributed by atoms with E-state index >= 15 is 0 Å². The van der Waals surface area contributed by atoms with Crippen LogP contribution < -0.4 is 4.91 Å². The van der Waals surface area contributed by atoms with E-state index < -0.39 is 0 Å². The maximum atomic E-state index is 5.50. The predicted octanol–water partition coefficient (Wildman–Crippen LogP) is -1.18. The molecular formula is H4KN3Na+. The molecule has 3 nitrogen and oxygen atoms in total. The zero-order valence-corrected chi connectivity index (χ0v) is 1.45. The van der Waals surface area contributed by atoms with Crippen molar-refractivity contribution in [3.8, 4) is 0 Å². The topological polar surface area (TPSA) is 61.8 Å². The second kappa shape index (κ2) is 16.8. The average Bonchev–Trinajstić information content (AvgIpc) is 0.918. The third-order valence-corrected chi connectivity index (χ3v) is 0. The molecule has 0 aliphatic rings. The van der Waals surface area contributed by atoms with Gasteiger partial charge in [-0.1, -0.05) is 0 Å². The van der Waals surface area contributed by atoms with E-state index in [-0.39, 0.29) is 80.9 Å². The second-order valence-corrected chi connectivity index (χ2v) is 0.112. The van der Waals surface area contributed by atoms with Crippen LogP contribution >= 0.6 is 0 Å². The Bertz CT molecular complexity index is 27.9. The Hall–Kier alpha value is 1.95. The van der Waals surface area contributed by atoms with E-state index in [0.29, 0.717) is 0 Å². The molecule has 0 heterocycles. The summed E-state index contributed by atoms with van der Waals surface area (Å²) in [6, 6.07) is 0. The number of rotatable bonds is 0. The first kappa shape index (κ1) is 15.8. The van der Waals surface area contributed by atoms with Crippen LogP contribution in [0.5, 0.6) is 0 Å². The minimum absolute atomic E-state index is 0. The molecule has 0 aromatic carbocycles. The molecule has 0 saturated carbocycles. The molecule has 5 heavy (non-hydrogen) atoms. The van der Waals surface area contributed by atoms with Crippen LogP contribution in [0.4, 0.5) is 0 Å².